The number of aryl methyl sites for hydroxylation is 1. The molecule has 1 heterocycles. The Kier molecular flexibility index (Phi) is 3.71. The van der Waals surface area contributed by atoms with Crippen LogP contribution in [0.2, 0.25) is 0 Å². The Bertz CT molecular complexity index is 780. The molecule has 0 amide bonds. The molecule has 4 heteroatoms. The van der Waals surface area contributed by atoms with E-state index in [4.69, 9.17) is 10.3 Å². The Labute approximate surface area is 128 Å². The monoisotopic (exact) mass is 296 g/mol. The van der Waals surface area contributed by atoms with E-state index in [2.05, 4.69) is 30.5 Å². The van der Waals surface area contributed by atoms with Gasteiger partial charge in [-0.2, -0.15) is 0 Å². The van der Waals surface area contributed by atoms with Gasteiger partial charge < -0.3 is 10.3 Å². The second kappa shape index (κ2) is 5.66. The van der Waals surface area contributed by atoms with Crippen molar-refractivity contribution >= 4 is 17.6 Å². The Balaban J connectivity index is 2.25. The summed E-state index contributed by atoms with van der Waals surface area (Å²) in [6.45, 7) is 2.06. The lowest BCUT2D eigenvalue weighted by Gasteiger charge is -2.08. The van der Waals surface area contributed by atoms with E-state index >= 15 is 0 Å². The molecule has 0 atom stereocenters. The molecule has 0 fully saturated rings. The number of rotatable bonds is 3. The molecule has 21 heavy (non-hydrogen) atoms. The van der Waals surface area contributed by atoms with Crippen LogP contribution >= 0.6 is 11.8 Å². The first-order valence-corrected chi connectivity index (χ1v) is 7.89. The molecule has 0 saturated carbocycles. The summed E-state index contributed by atoms with van der Waals surface area (Å²) in [5.41, 5.74) is 11.0. The SMILES string of the molecule is CSc1ccccc1-c1noc(N)c1-c1ccccc1C. The van der Waals surface area contributed by atoms with Gasteiger partial charge in [-0.25, -0.2) is 0 Å². The van der Waals surface area contributed by atoms with Gasteiger partial charge in [0, 0.05) is 10.5 Å². The van der Waals surface area contributed by atoms with Crippen molar-refractivity contribution in [1.82, 2.24) is 5.16 Å². The van der Waals surface area contributed by atoms with Crippen LogP contribution in [0.1, 0.15) is 5.56 Å². The molecule has 2 aromatic carbocycles. The van der Waals surface area contributed by atoms with E-state index in [-0.39, 0.29) is 0 Å². The highest BCUT2D eigenvalue weighted by atomic mass is 32.2. The minimum absolute atomic E-state index is 0.357. The molecule has 0 unspecified atom stereocenters. The van der Waals surface area contributed by atoms with Crippen LogP contribution in [0.5, 0.6) is 0 Å². The molecule has 0 bridgehead atoms. The van der Waals surface area contributed by atoms with Gasteiger partial charge in [0.1, 0.15) is 5.69 Å². The number of nitrogen functional groups attached to an aromatic ring is 1. The lowest BCUT2D eigenvalue weighted by Crippen LogP contribution is -1.91. The fourth-order valence-electron chi connectivity index (χ4n) is 2.44. The van der Waals surface area contributed by atoms with E-state index in [0.29, 0.717) is 5.88 Å². The van der Waals surface area contributed by atoms with Gasteiger partial charge >= 0.3 is 0 Å². The third kappa shape index (κ3) is 2.43. The number of anilines is 1. The minimum Gasteiger partial charge on any atom is -0.367 e. The van der Waals surface area contributed by atoms with Crippen LogP contribution in [0.15, 0.2) is 57.9 Å². The molecular formula is C17H16N2OS. The number of hydrogen-bond acceptors (Lipinski definition) is 4. The zero-order chi connectivity index (χ0) is 14.8. The predicted molar refractivity (Wildman–Crippen MR) is 88.3 cm³/mol. The molecule has 3 aromatic rings. The Morgan fingerprint density at radius 1 is 1.00 bits per heavy atom. The quantitative estimate of drug-likeness (QED) is 0.716. The molecule has 1 aromatic heterocycles. The molecule has 0 saturated heterocycles. The van der Waals surface area contributed by atoms with Crippen LogP contribution in [0.3, 0.4) is 0 Å². The Morgan fingerprint density at radius 2 is 1.67 bits per heavy atom. The van der Waals surface area contributed by atoms with Gasteiger partial charge in [0.15, 0.2) is 0 Å². The van der Waals surface area contributed by atoms with Crippen molar-refractivity contribution in [3.8, 4) is 22.4 Å². The second-order valence-corrected chi connectivity index (χ2v) is 5.63. The van der Waals surface area contributed by atoms with E-state index in [0.717, 1.165) is 32.8 Å². The van der Waals surface area contributed by atoms with Gasteiger partial charge in [0.25, 0.3) is 0 Å². The molecule has 0 aliphatic carbocycles. The molecule has 0 aliphatic rings. The standard InChI is InChI=1S/C17H16N2OS/c1-11-7-3-4-8-12(11)15-16(19-20-17(15)18)13-9-5-6-10-14(13)21-2/h3-10H,18H2,1-2H3. The molecule has 3 nitrogen and oxygen atoms in total. The van der Waals surface area contributed by atoms with Gasteiger partial charge in [-0.1, -0.05) is 47.6 Å². The maximum absolute atomic E-state index is 6.04. The largest absolute Gasteiger partial charge is 0.367 e. The normalized spacial score (nSPS) is 10.8. The first-order valence-electron chi connectivity index (χ1n) is 6.67. The first-order chi connectivity index (χ1) is 10.2. The van der Waals surface area contributed by atoms with Gasteiger partial charge in [-0.3, -0.25) is 0 Å². The summed E-state index contributed by atoms with van der Waals surface area (Å²) in [5.74, 6) is 0.357. The van der Waals surface area contributed by atoms with Crippen LogP contribution in [-0.4, -0.2) is 11.4 Å². The highest BCUT2D eigenvalue weighted by molar-refractivity contribution is 7.98. The van der Waals surface area contributed by atoms with Crippen LogP contribution < -0.4 is 5.73 Å². The van der Waals surface area contributed by atoms with Crippen molar-refractivity contribution in [3.63, 3.8) is 0 Å². The van der Waals surface area contributed by atoms with Crippen LogP contribution in [0.25, 0.3) is 22.4 Å². The zero-order valence-electron chi connectivity index (χ0n) is 12.0. The van der Waals surface area contributed by atoms with Crippen molar-refractivity contribution in [2.75, 3.05) is 12.0 Å². The van der Waals surface area contributed by atoms with E-state index < -0.39 is 0 Å². The summed E-state index contributed by atoms with van der Waals surface area (Å²) in [4.78, 5) is 1.15. The summed E-state index contributed by atoms with van der Waals surface area (Å²) in [6.07, 6.45) is 2.05. The van der Waals surface area contributed by atoms with E-state index in [1.807, 2.05) is 36.4 Å². The zero-order valence-corrected chi connectivity index (χ0v) is 12.8. The van der Waals surface area contributed by atoms with Crippen LogP contribution in [0.4, 0.5) is 5.88 Å². The number of benzene rings is 2. The van der Waals surface area contributed by atoms with Crippen LogP contribution in [-0.2, 0) is 0 Å². The van der Waals surface area contributed by atoms with Crippen molar-refractivity contribution in [2.45, 2.75) is 11.8 Å². The van der Waals surface area contributed by atoms with Crippen molar-refractivity contribution in [3.05, 3.63) is 54.1 Å². The fourth-order valence-corrected chi connectivity index (χ4v) is 3.04. The lowest BCUT2D eigenvalue weighted by atomic mass is 9.97. The highest BCUT2D eigenvalue weighted by Crippen LogP contribution is 2.40. The molecule has 0 aliphatic heterocycles. The van der Waals surface area contributed by atoms with Gasteiger partial charge in [0.2, 0.25) is 5.88 Å². The topological polar surface area (TPSA) is 52.0 Å². The summed E-state index contributed by atoms with van der Waals surface area (Å²) in [7, 11) is 0. The van der Waals surface area contributed by atoms with Crippen molar-refractivity contribution in [1.29, 1.82) is 0 Å². The molecular weight excluding hydrogens is 280 g/mol. The number of nitrogens with zero attached hydrogens (tertiary/aromatic N) is 1. The molecule has 0 spiro atoms. The summed E-state index contributed by atoms with van der Waals surface area (Å²) in [5, 5.41) is 4.20. The fraction of sp³-hybridized carbons (Fsp3) is 0.118. The smallest absolute Gasteiger partial charge is 0.230 e. The lowest BCUT2D eigenvalue weighted by molar-refractivity contribution is 0.439. The molecule has 2 N–H and O–H groups in total. The third-order valence-electron chi connectivity index (χ3n) is 3.49. The van der Waals surface area contributed by atoms with E-state index in [9.17, 15) is 0 Å². The van der Waals surface area contributed by atoms with E-state index in [1.165, 1.54) is 0 Å². The van der Waals surface area contributed by atoms with Crippen molar-refractivity contribution in [2.24, 2.45) is 0 Å². The summed E-state index contributed by atoms with van der Waals surface area (Å²) < 4.78 is 5.28. The number of hydrogen-bond donors (Lipinski definition) is 1. The van der Waals surface area contributed by atoms with E-state index in [1.54, 1.807) is 11.8 Å². The minimum atomic E-state index is 0.357. The van der Waals surface area contributed by atoms with Crippen molar-refractivity contribution < 1.29 is 4.52 Å². The molecule has 0 radical (unpaired) electrons. The van der Waals surface area contributed by atoms with Gasteiger partial charge in [-0.05, 0) is 30.4 Å². The number of thioether (sulfide) groups is 1. The van der Waals surface area contributed by atoms with Gasteiger partial charge in [0.05, 0.1) is 5.56 Å². The van der Waals surface area contributed by atoms with Crippen LogP contribution in [0, 0.1) is 6.92 Å². The predicted octanol–water partition coefficient (Wildman–Crippen LogP) is 4.62. The number of nitrogens with two attached hydrogens (primary N) is 1. The second-order valence-electron chi connectivity index (χ2n) is 4.79. The molecule has 106 valence electrons. The maximum atomic E-state index is 6.04. The third-order valence-corrected chi connectivity index (χ3v) is 4.29. The average Bonchev–Trinajstić information content (AvgIpc) is 2.89. The maximum Gasteiger partial charge on any atom is 0.230 e. The Hall–Kier alpha value is -2.20. The summed E-state index contributed by atoms with van der Waals surface area (Å²) in [6, 6.07) is 16.3. The molecule has 3 rings (SSSR count). The average molecular weight is 296 g/mol. The summed E-state index contributed by atoms with van der Waals surface area (Å²) >= 11 is 1.69. The number of aromatic nitrogens is 1. The highest BCUT2D eigenvalue weighted by Gasteiger charge is 2.20. The Morgan fingerprint density at radius 3 is 2.38 bits per heavy atom. The first kappa shape index (κ1) is 13.8. The van der Waals surface area contributed by atoms with Gasteiger partial charge in [-0.15, -0.1) is 11.8 Å².